The van der Waals surface area contributed by atoms with Crippen molar-refractivity contribution in [2.45, 2.75) is 6.36 Å². The molecule has 1 heterocycles. The minimum atomic E-state index is -4.79. The molecule has 0 aliphatic carbocycles. The van der Waals surface area contributed by atoms with Gasteiger partial charge in [-0.3, -0.25) is 5.32 Å². The molecular weight excluding hydrogens is 389 g/mol. The molecule has 7 nitrogen and oxygen atoms in total. The fourth-order valence-electron chi connectivity index (χ4n) is 2.08. The van der Waals surface area contributed by atoms with E-state index in [2.05, 4.69) is 30.3 Å². The van der Waals surface area contributed by atoms with E-state index in [0.717, 1.165) is 12.1 Å². The van der Waals surface area contributed by atoms with Crippen LogP contribution in [0, 0.1) is 0 Å². The predicted molar refractivity (Wildman–Crippen MR) is 90.5 cm³/mol. The largest absolute Gasteiger partial charge is 0.573 e. The molecule has 0 atom stereocenters. The number of carbonyl (C=O) groups excluding carboxylic acids is 1. The molecule has 0 spiro atoms. The van der Waals surface area contributed by atoms with E-state index in [9.17, 15) is 18.0 Å². The van der Waals surface area contributed by atoms with Crippen molar-refractivity contribution in [1.29, 1.82) is 0 Å². The van der Waals surface area contributed by atoms with E-state index in [1.54, 1.807) is 24.3 Å². The van der Waals surface area contributed by atoms with Crippen LogP contribution in [0.2, 0.25) is 5.02 Å². The molecule has 0 unspecified atom stereocenters. The van der Waals surface area contributed by atoms with Gasteiger partial charge in [0.05, 0.1) is 0 Å². The average Bonchev–Trinajstić information content (AvgIpc) is 3.04. The maximum Gasteiger partial charge on any atom is 0.573 e. The van der Waals surface area contributed by atoms with Crippen molar-refractivity contribution in [2.24, 2.45) is 0 Å². The van der Waals surface area contributed by atoms with Gasteiger partial charge < -0.3 is 10.1 Å². The van der Waals surface area contributed by atoms with Gasteiger partial charge in [0.25, 0.3) is 0 Å². The maximum absolute atomic E-state index is 12.1. The summed E-state index contributed by atoms with van der Waals surface area (Å²) in [7, 11) is 0. The summed E-state index contributed by atoms with van der Waals surface area (Å²) in [6.45, 7) is 0. The Kier molecular flexibility index (Phi) is 5.17. The van der Waals surface area contributed by atoms with Crippen LogP contribution >= 0.6 is 11.6 Å². The van der Waals surface area contributed by atoms with E-state index in [1.807, 2.05) is 0 Å². The lowest BCUT2D eigenvalue weighted by Crippen LogP contribution is -2.20. The Balaban J connectivity index is 1.65. The summed E-state index contributed by atoms with van der Waals surface area (Å²) in [6, 6.07) is 10.6. The first-order valence-electron chi connectivity index (χ1n) is 7.32. The number of rotatable bonds is 4. The molecule has 2 amide bonds. The van der Waals surface area contributed by atoms with Gasteiger partial charge in [-0.1, -0.05) is 23.7 Å². The Labute approximate surface area is 155 Å². The Morgan fingerprint density at radius 3 is 2.30 bits per heavy atom. The van der Waals surface area contributed by atoms with Crippen LogP contribution in [0.15, 0.2) is 53.2 Å². The molecule has 0 aliphatic heterocycles. The highest BCUT2D eigenvalue weighted by Crippen LogP contribution is 2.26. The third kappa shape index (κ3) is 5.11. The van der Waals surface area contributed by atoms with Gasteiger partial charge >= 0.3 is 12.4 Å². The standard InChI is InChI=1S/C16H10ClF3N4O3/c17-10-3-1-9(2-4-10)13-14(24-27-23-13)22-15(25)21-11-5-7-12(8-6-11)26-16(18,19)20/h1-8H,(H2,21,22,24,25). The summed E-state index contributed by atoms with van der Waals surface area (Å²) < 4.78 is 44.8. The van der Waals surface area contributed by atoms with Crippen LogP contribution in [0.5, 0.6) is 5.75 Å². The molecule has 140 valence electrons. The summed E-state index contributed by atoms with van der Waals surface area (Å²) in [6.07, 6.45) is -4.79. The van der Waals surface area contributed by atoms with Gasteiger partial charge in [-0.25, -0.2) is 9.42 Å². The zero-order valence-corrected chi connectivity index (χ0v) is 14.0. The van der Waals surface area contributed by atoms with E-state index < -0.39 is 18.1 Å². The van der Waals surface area contributed by atoms with Gasteiger partial charge in [0.2, 0.25) is 5.82 Å². The van der Waals surface area contributed by atoms with Crippen molar-refractivity contribution in [2.75, 3.05) is 10.6 Å². The number of urea groups is 1. The van der Waals surface area contributed by atoms with E-state index in [0.29, 0.717) is 10.6 Å². The molecule has 11 heteroatoms. The summed E-state index contributed by atoms with van der Waals surface area (Å²) in [5, 5.41) is 12.8. The molecule has 0 aliphatic rings. The molecule has 2 N–H and O–H groups in total. The number of carbonyl (C=O) groups is 1. The van der Waals surface area contributed by atoms with Crippen molar-refractivity contribution in [3.05, 3.63) is 53.6 Å². The van der Waals surface area contributed by atoms with Crippen LogP contribution in [0.4, 0.5) is 29.5 Å². The highest BCUT2D eigenvalue weighted by atomic mass is 35.5. The predicted octanol–water partition coefficient (Wildman–Crippen LogP) is 4.93. The van der Waals surface area contributed by atoms with Crippen LogP contribution in [0.25, 0.3) is 11.3 Å². The number of nitrogens with zero attached hydrogens (tertiary/aromatic N) is 2. The van der Waals surface area contributed by atoms with Gasteiger partial charge in [-0.05, 0) is 46.7 Å². The highest BCUT2D eigenvalue weighted by Gasteiger charge is 2.31. The van der Waals surface area contributed by atoms with Crippen molar-refractivity contribution >= 4 is 29.1 Å². The van der Waals surface area contributed by atoms with E-state index in [-0.39, 0.29) is 17.2 Å². The molecule has 3 aromatic rings. The molecule has 0 bridgehead atoms. The second kappa shape index (κ2) is 7.54. The second-order valence-corrected chi connectivity index (χ2v) is 5.56. The van der Waals surface area contributed by atoms with Crippen molar-refractivity contribution in [3.8, 4) is 17.0 Å². The number of hydrogen-bond donors (Lipinski definition) is 2. The van der Waals surface area contributed by atoms with Gasteiger partial charge in [0.1, 0.15) is 5.75 Å². The fourth-order valence-corrected chi connectivity index (χ4v) is 2.20. The number of benzene rings is 2. The third-order valence-corrected chi connectivity index (χ3v) is 3.44. The first-order valence-corrected chi connectivity index (χ1v) is 7.70. The molecule has 0 radical (unpaired) electrons. The molecule has 0 saturated heterocycles. The minimum Gasteiger partial charge on any atom is -0.406 e. The van der Waals surface area contributed by atoms with Gasteiger partial charge in [-0.15, -0.1) is 13.2 Å². The molecular formula is C16H10ClF3N4O3. The van der Waals surface area contributed by atoms with Crippen LogP contribution < -0.4 is 15.4 Å². The topological polar surface area (TPSA) is 89.3 Å². The smallest absolute Gasteiger partial charge is 0.406 e. The van der Waals surface area contributed by atoms with E-state index >= 15 is 0 Å². The lowest BCUT2D eigenvalue weighted by molar-refractivity contribution is -0.274. The number of aromatic nitrogens is 2. The quantitative estimate of drug-likeness (QED) is 0.650. The van der Waals surface area contributed by atoms with Gasteiger partial charge in [0.15, 0.2) is 5.69 Å². The van der Waals surface area contributed by atoms with Crippen LogP contribution in [0.3, 0.4) is 0 Å². The van der Waals surface area contributed by atoms with Crippen LogP contribution in [-0.2, 0) is 0 Å². The molecule has 27 heavy (non-hydrogen) atoms. The molecule has 1 aromatic heterocycles. The number of amides is 2. The fraction of sp³-hybridized carbons (Fsp3) is 0.0625. The summed E-state index contributed by atoms with van der Waals surface area (Å²) in [5.74, 6) is -0.342. The first-order chi connectivity index (χ1) is 12.8. The van der Waals surface area contributed by atoms with Crippen molar-refractivity contribution < 1.29 is 27.3 Å². The number of nitrogens with one attached hydrogen (secondary N) is 2. The zero-order chi connectivity index (χ0) is 19.4. The first kappa shape index (κ1) is 18.5. The number of hydrogen-bond acceptors (Lipinski definition) is 5. The Hall–Kier alpha value is -3.27. The lowest BCUT2D eigenvalue weighted by atomic mass is 10.1. The Morgan fingerprint density at radius 1 is 1.00 bits per heavy atom. The molecule has 2 aromatic carbocycles. The molecule has 0 saturated carbocycles. The highest BCUT2D eigenvalue weighted by molar-refractivity contribution is 6.30. The Morgan fingerprint density at radius 2 is 1.67 bits per heavy atom. The normalized spacial score (nSPS) is 11.1. The van der Waals surface area contributed by atoms with Crippen molar-refractivity contribution in [3.63, 3.8) is 0 Å². The Bertz CT molecular complexity index is 927. The minimum absolute atomic E-state index is 0.0619. The maximum atomic E-state index is 12.1. The third-order valence-electron chi connectivity index (χ3n) is 3.18. The number of halogens is 4. The van der Waals surface area contributed by atoms with Crippen LogP contribution in [0.1, 0.15) is 0 Å². The van der Waals surface area contributed by atoms with Gasteiger partial charge in [-0.2, -0.15) is 0 Å². The van der Waals surface area contributed by atoms with Gasteiger partial charge in [0, 0.05) is 16.3 Å². The number of alkyl halides is 3. The number of ether oxygens (including phenoxy) is 1. The summed E-state index contributed by atoms with van der Waals surface area (Å²) in [4.78, 5) is 12.1. The monoisotopic (exact) mass is 398 g/mol. The SMILES string of the molecule is O=C(Nc1ccc(OC(F)(F)F)cc1)Nc1nonc1-c1ccc(Cl)cc1. The summed E-state index contributed by atoms with van der Waals surface area (Å²) in [5.41, 5.74) is 1.15. The molecule has 0 fully saturated rings. The van der Waals surface area contributed by atoms with Crippen LogP contribution in [-0.4, -0.2) is 22.7 Å². The zero-order valence-electron chi connectivity index (χ0n) is 13.2. The lowest BCUT2D eigenvalue weighted by Gasteiger charge is -2.10. The summed E-state index contributed by atoms with van der Waals surface area (Å²) >= 11 is 5.82. The molecule has 3 rings (SSSR count). The van der Waals surface area contributed by atoms with Crippen molar-refractivity contribution in [1.82, 2.24) is 10.3 Å². The van der Waals surface area contributed by atoms with E-state index in [1.165, 1.54) is 12.1 Å². The number of anilines is 2. The second-order valence-electron chi connectivity index (χ2n) is 5.12. The van der Waals surface area contributed by atoms with E-state index in [4.69, 9.17) is 11.6 Å². The average molecular weight is 399 g/mol.